The molecule has 0 fully saturated rings. The molecule has 0 saturated heterocycles. The molecule has 2 aromatic rings. The van der Waals surface area contributed by atoms with Gasteiger partial charge in [0.25, 0.3) is 5.91 Å². The Bertz CT molecular complexity index is 982. The minimum absolute atomic E-state index is 0.132. The molecule has 1 aliphatic heterocycles. The highest BCUT2D eigenvalue weighted by molar-refractivity contribution is 6.32. The van der Waals surface area contributed by atoms with Crippen LogP contribution in [0.2, 0.25) is 5.02 Å². The lowest BCUT2D eigenvalue weighted by atomic mass is 10.1. The Hall–Kier alpha value is -3.46. The first kappa shape index (κ1) is 21.3. The number of imide groups is 1. The van der Waals surface area contributed by atoms with Gasteiger partial charge in [0, 0.05) is 24.3 Å². The van der Waals surface area contributed by atoms with Crippen molar-refractivity contribution in [1.82, 2.24) is 5.32 Å². The Labute approximate surface area is 177 Å². The molecule has 1 unspecified atom stereocenters. The number of hydrogen-bond acceptors (Lipinski definition) is 6. The molecule has 0 aliphatic carbocycles. The van der Waals surface area contributed by atoms with Gasteiger partial charge in [0.1, 0.15) is 5.75 Å². The molecule has 158 valence electrons. The molecule has 2 aromatic carbocycles. The molecule has 1 heterocycles. The van der Waals surface area contributed by atoms with Crippen molar-refractivity contribution in [1.29, 1.82) is 0 Å². The van der Waals surface area contributed by atoms with Crippen LogP contribution in [0.3, 0.4) is 0 Å². The van der Waals surface area contributed by atoms with Crippen LogP contribution in [0.25, 0.3) is 0 Å². The fraction of sp³-hybridized carbons (Fsp3) is 0.250. The molecular formula is C20H21ClN4O5. The number of halogens is 1. The summed E-state index contributed by atoms with van der Waals surface area (Å²) in [6.07, 6.45) is -0.756. The van der Waals surface area contributed by atoms with Gasteiger partial charge in [-0.25, -0.2) is 9.59 Å². The second-order valence-corrected chi connectivity index (χ2v) is 6.93. The number of nitrogens with one attached hydrogen (secondary N) is 4. The fourth-order valence-corrected chi connectivity index (χ4v) is 3.08. The molecular weight excluding hydrogens is 412 g/mol. The van der Waals surface area contributed by atoms with Crippen LogP contribution < -0.4 is 26.0 Å². The van der Waals surface area contributed by atoms with Crippen molar-refractivity contribution in [2.75, 3.05) is 29.0 Å². The molecule has 1 aliphatic rings. The minimum Gasteiger partial charge on any atom is -0.479 e. The maximum Gasteiger partial charge on any atom is 0.344 e. The van der Waals surface area contributed by atoms with Crippen LogP contribution in [0.4, 0.5) is 21.9 Å². The van der Waals surface area contributed by atoms with E-state index >= 15 is 0 Å². The van der Waals surface area contributed by atoms with Gasteiger partial charge in [-0.15, -0.1) is 0 Å². The number of benzene rings is 2. The monoisotopic (exact) mass is 432 g/mol. The van der Waals surface area contributed by atoms with E-state index in [1.165, 1.54) is 18.2 Å². The van der Waals surface area contributed by atoms with Crippen LogP contribution in [0, 0.1) is 0 Å². The minimum atomic E-state index is -1.10. The molecule has 5 N–H and O–H groups in total. The molecule has 10 heteroatoms. The number of carbonyl (C=O) groups is 3. The quantitative estimate of drug-likeness (QED) is 0.473. The van der Waals surface area contributed by atoms with Crippen LogP contribution in [-0.2, 0) is 4.79 Å². The topological polar surface area (TPSA) is 129 Å². The third-order valence-corrected chi connectivity index (χ3v) is 4.67. The maximum absolute atomic E-state index is 12.3. The maximum atomic E-state index is 12.3. The van der Waals surface area contributed by atoms with Crippen molar-refractivity contribution in [2.45, 2.75) is 19.4 Å². The Morgan fingerprint density at radius 3 is 2.53 bits per heavy atom. The van der Waals surface area contributed by atoms with Gasteiger partial charge in [0.15, 0.2) is 6.10 Å². The summed E-state index contributed by atoms with van der Waals surface area (Å²) in [6.45, 7) is 3.21. The van der Waals surface area contributed by atoms with Crippen LogP contribution in [0.5, 0.6) is 5.75 Å². The predicted octanol–water partition coefficient (Wildman–Crippen LogP) is 3.38. The largest absolute Gasteiger partial charge is 0.479 e. The molecule has 30 heavy (non-hydrogen) atoms. The van der Waals surface area contributed by atoms with E-state index in [-0.39, 0.29) is 17.2 Å². The van der Waals surface area contributed by atoms with E-state index in [0.717, 1.165) is 24.5 Å². The van der Waals surface area contributed by atoms with Crippen molar-refractivity contribution in [3.8, 4) is 5.75 Å². The van der Waals surface area contributed by atoms with Gasteiger partial charge in [0.05, 0.1) is 16.4 Å². The second-order valence-electron chi connectivity index (χ2n) is 6.52. The molecule has 0 spiro atoms. The molecule has 3 amide bonds. The summed E-state index contributed by atoms with van der Waals surface area (Å²) in [7, 11) is 0. The van der Waals surface area contributed by atoms with Gasteiger partial charge in [-0.3, -0.25) is 10.1 Å². The van der Waals surface area contributed by atoms with E-state index in [0.29, 0.717) is 11.3 Å². The number of carboxylic acids is 1. The standard InChI is InChI=1S/C20H21ClN4O5/c1-2-16(19(27)28)30-17-6-4-12(10-13(17)21)24-20(29)25-18(26)11-3-5-14-15(9-11)23-8-7-22-14/h3-6,9-10,16,22-23H,2,7-8H2,1H3,(H,27,28)(H2,24,25,26,29). The number of urea groups is 1. The van der Waals surface area contributed by atoms with Crippen molar-refractivity contribution < 1.29 is 24.2 Å². The zero-order valence-corrected chi connectivity index (χ0v) is 16.9. The Kier molecular flexibility index (Phi) is 6.63. The third-order valence-electron chi connectivity index (χ3n) is 4.37. The highest BCUT2D eigenvalue weighted by Crippen LogP contribution is 2.29. The van der Waals surface area contributed by atoms with Crippen molar-refractivity contribution in [3.05, 3.63) is 47.0 Å². The molecule has 3 rings (SSSR count). The summed E-state index contributed by atoms with van der Waals surface area (Å²) in [6, 6.07) is 8.68. The highest BCUT2D eigenvalue weighted by atomic mass is 35.5. The first-order valence-corrected chi connectivity index (χ1v) is 9.68. The normalized spacial score (nSPS) is 13.1. The fourth-order valence-electron chi connectivity index (χ4n) is 2.85. The van der Waals surface area contributed by atoms with Crippen LogP contribution in [0.15, 0.2) is 36.4 Å². The second kappa shape index (κ2) is 9.36. The number of carboxylic acid groups (broad SMARTS) is 1. The van der Waals surface area contributed by atoms with Crippen LogP contribution in [-0.4, -0.2) is 42.2 Å². The van der Waals surface area contributed by atoms with Gasteiger partial charge in [-0.2, -0.15) is 0 Å². The SMILES string of the molecule is CCC(Oc1ccc(NC(=O)NC(=O)c2ccc3c(c2)NCCN3)cc1Cl)C(=O)O. The van der Waals surface area contributed by atoms with E-state index in [1.54, 1.807) is 25.1 Å². The number of aliphatic carboxylic acids is 1. The Balaban J connectivity index is 1.61. The van der Waals surface area contributed by atoms with Crippen LogP contribution in [0.1, 0.15) is 23.7 Å². The first-order chi connectivity index (χ1) is 14.4. The van der Waals surface area contributed by atoms with Gasteiger partial charge >= 0.3 is 12.0 Å². The molecule has 0 saturated carbocycles. The lowest BCUT2D eigenvalue weighted by molar-refractivity contribution is -0.145. The van der Waals surface area contributed by atoms with Gasteiger partial charge in [-0.1, -0.05) is 18.5 Å². The van der Waals surface area contributed by atoms with E-state index in [4.69, 9.17) is 21.4 Å². The number of amides is 3. The summed E-state index contributed by atoms with van der Waals surface area (Å²) in [4.78, 5) is 35.6. The number of hydrogen-bond donors (Lipinski definition) is 5. The predicted molar refractivity (Wildman–Crippen MR) is 114 cm³/mol. The van der Waals surface area contributed by atoms with Crippen LogP contribution >= 0.6 is 11.6 Å². The lowest BCUT2D eigenvalue weighted by Gasteiger charge is -2.20. The number of carbonyl (C=O) groups excluding carboxylic acids is 2. The number of anilines is 3. The molecule has 0 aromatic heterocycles. The summed E-state index contributed by atoms with van der Waals surface area (Å²) < 4.78 is 5.36. The molecule has 0 radical (unpaired) electrons. The summed E-state index contributed by atoms with van der Waals surface area (Å²) in [5.41, 5.74) is 2.34. The van der Waals surface area contributed by atoms with Gasteiger partial charge < -0.3 is 25.8 Å². The first-order valence-electron chi connectivity index (χ1n) is 9.30. The average Bonchev–Trinajstić information content (AvgIpc) is 2.72. The number of fused-ring (bicyclic) bond motifs is 1. The van der Waals surface area contributed by atoms with E-state index in [1.807, 2.05) is 0 Å². The number of ether oxygens (including phenoxy) is 1. The smallest absolute Gasteiger partial charge is 0.344 e. The number of rotatable bonds is 6. The summed E-state index contributed by atoms with van der Waals surface area (Å²) in [5.74, 6) is -1.47. The van der Waals surface area contributed by atoms with E-state index in [2.05, 4.69) is 21.3 Å². The molecule has 9 nitrogen and oxygen atoms in total. The summed E-state index contributed by atoms with van der Waals surface area (Å²) >= 11 is 6.12. The van der Waals surface area contributed by atoms with Gasteiger partial charge in [0.2, 0.25) is 0 Å². The van der Waals surface area contributed by atoms with Crippen molar-refractivity contribution in [2.24, 2.45) is 0 Å². The molecule has 1 atom stereocenters. The van der Waals surface area contributed by atoms with Crippen molar-refractivity contribution in [3.63, 3.8) is 0 Å². The third kappa shape index (κ3) is 5.12. The summed E-state index contributed by atoms with van der Waals surface area (Å²) in [5, 5.41) is 20.3. The average molecular weight is 433 g/mol. The van der Waals surface area contributed by atoms with E-state index < -0.39 is 24.0 Å². The highest BCUT2D eigenvalue weighted by Gasteiger charge is 2.19. The van der Waals surface area contributed by atoms with Crippen molar-refractivity contribution >= 4 is 46.6 Å². The zero-order valence-electron chi connectivity index (χ0n) is 16.1. The lowest BCUT2D eigenvalue weighted by Crippen LogP contribution is -2.34. The van der Waals surface area contributed by atoms with Gasteiger partial charge in [-0.05, 0) is 42.8 Å². The van der Waals surface area contributed by atoms with E-state index in [9.17, 15) is 14.4 Å². The Morgan fingerprint density at radius 2 is 1.87 bits per heavy atom. The molecule has 0 bridgehead atoms. The zero-order chi connectivity index (χ0) is 21.7. The Morgan fingerprint density at radius 1 is 1.13 bits per heavy atom.